The second kappa shape index (κ2) is 7.38. The number of carbonyl (C=O) groups excluding carboxylic acids is 2. The van der Waals surface area contributed by atoms with Crippen LogP contribution in [0.3, 0.4) is 0 Å². The molecular formula is C15H28N2O3S. The van der Waals surface area contributed by atoms with E-state index in [1.54, 1.807) is 11.2 Å². The number of piperazine rings is 1. The number of rotatable bonds is 7. The minimum Gasteiger partial charge on any atom is -0.340 e. The number of hydrogen-bond donors (Lipinski definition) is 1. The van der Waals surface area contributed by atoms with Crippen molar-refractivity contribution >= 4 is 22.6 Å². The first-order chi connectivity index (χ1) is 9.79. The zero-order valence-corrected chi connectivity index (χ0v) is 14.6. The largest absolute Gasteiger partial charge is 0.340 e. The van der Waals surface area contributed by atoms with Gasteiger partial charge in [0.1, 0.15) is 11.6 Å². The normalized spacial score (nSPS) is 23.3. The van der Waals surface area contributed by atoms with Crippen LogP contribution in [0.1, 0.15) is 47.0 Å². The van der Waals surface area contributed by atoms with Gasteiger partial charge in [0.15, 0.2) is 0 Å². The molecule has 1 rings (SSSR count). The Morgan fingerprint density at radius 3 is 2.29 bits per heavy atom. The molecule has 0 aromatic carbocycles. The molecule has 2 unspecified atom stereocenters. The molecule has 0 aliphatic carbocycles. The molecule has 1 heterocycles. The molecular weight excluding hydrogens is 288 g/mol. The van der Waals surface area contributed by atoms with E-state index < -0.39 is 22.4 Å². The summed E-state index contributed by atoms with van der Waals surface area (Å²) in [4.78, 5) is 27.0. The maximum absolute atomic E-state index is 12.9. The van der Waals surface area contributed by atoms with Crippen LogP contribution in [0.15, 0.2) is 0 Å². The van der Waals surface area contributed by atoms with Gasteiger partial charge in [-0.05, 0) is 25.2 Å². The van der Waals surface area contributed by atoms with E-state index in [0.29, 0.717) is 31.6 Å². The number of nitrogens with zero attached hydrogens (tertiary/aromatic N) is 1. The summed E-state index contributed by atoms with van der Waals surface area (Å²) < 4.78 is 11.2. The van der Waals surface area contributed by atoms with Crippen molar-refractivity contribution in [2.45, 2.75) is 58.5 Å². The van der Waals surface area contributed by atoms with Gasteiger partial charge in [-0.1, -0.05) is 27.7 Å². The summed E-state index contributed by atoms with van der Waals surface area (Å²) in [7, 11) is -0.873. The monoisotopic (exact) mass is 316 g/mol. The van der Waals surface area contributed by atoms with Gasteiger partial charge in [0, 0.05) is 29.4 Å². The molecule has 1 saturated heterocycles. The predicted molar refractivity (Wildman–Crippen MR) is 85.3 cm³/mol. The number of amides is 2. The highest BCUT2D eigenvalue weighted by atomic mass is 32.2. The van der Waals surface area contributed by atoms with Crippen LogP contribution in [0.4, 0.5) is 0 Å². The van der Waals surface area contributed by atoms with E-state index in [4.69, 9.17) is 0 Å². The van der Waals surface area contributed by atoms with Crippen LogP contribution < -0.4 is 5.32 Å². The average Bonchev–Trinajstić information content (AvgIpc) is 2.41. The van der Waals surface area contributed by atoms with E-state index in [-0.39, 0.29) is 17.7 Å². The number of hydrogen-bond acceptors (Lipinski definition) is 3. The lowest BCUT2D eigenvalue weighted by atomic mass is 9.85. The molecule has 0 aromatic heterocycles. The third-order valence-electron chi connectivity index (χ3n) is 4.31. The van der Waals surface area contributed by atoms with Crippen molar-refractivity contribution < 1.29 is 13.8 Å². The van der Waals surface area contributed by atoms with Crippen molar-refractivity contribution in [1.82, 2.24) is 10.2 Å². The topological polar surface area (TPSA) is 66.5 Å². The molecule has 0 bridgehead atoms. The molecule has 5 nitrogen and oxygen atoms in total. The Morgan fingerprint density at radius 2 is 1.86 bits per heavy atom. The molecule has 0 saturated carbocycles. The molecule has 1 aliphatic rings. The molecule has 6 heteroatoms. The van der Waals surface area contributed by atoms with Crippen LogP contribution in [0.2, 0.25) is 0 Å². The predicted octanol–water partition coefficient (Wildman–Crippen LogP) is 1.30. The fraction of sp³-hybridized carbons (Fsp3) is 0.867. The summed E-state index contributed by atoms with van der Waals surface area (Å²) in [6.07, 6.45) is 3.51. The molecule has 0 aromatic rings. The van der Waals surface area contributed by atoms with Crippen molar-refractivity contribution in [2.75, 3.05) is 18.6 Å². The molecule has 2 amide bonds. The maximum atomic E-state index is 12.9. The van der Waals surface area contributed by atoms with Crippen LogP contribution in [-0.2, 0) is 20.4 Å². The molecule has 1 aliphatic heterocycles. The minimum atomic E-state index is -0.873. The average molecular weight is 316 g/mol. The van der Waals surface area contributed by atoms with Crippen molar-refractivity contribution in [3.63, 3.8) is 0 Å². The fourth-order valence-corrected chi connectivity index (χ4v) is 3.51. The van der Waals surface area contributed by atoms with Crippen LogP contribution >= 0.6 is 0 Å². The second-order valence-electron chi connectivity index (χ2n) is 6.10. The van der Waals surface area contributed by atoms with E-state index >= 15 is 0 Å². The van der Waals surface area contributed by atoms with E-state index in [1.807, 2.05) is 27.7 Å². The van der Waals surface area contributed by atoms with Gasteiger partial charge in [-0.15, -0.1) is 0 Å². The van der Waals surface area contributed by atoms with E-state index in [0.717, 1.165) is 0 Å². The Morgan fingerprint density at radius 1 is 1.29 bits per heavy atom. The SMILES string of the molecule is CCC1(CC)NC(=O)C(C(C)C)N(CCCS(C)=O)C1=O. The summed E-state index contributed by atoms with van der Waals surface area (Å²) in [5.74, 6) is 0.563. The van der Waals surface area contributed by atoms with Crippen LogP contribution in [0.5, 0.6) is 0 Å². The van der Waals surface area contributed by atoms with Gasteiger partial charge in [-0.3, -0.25) is 13.8 Å². The number of carbonyl (C=O) groups is 2. The lowest BCUT2D eigenvalue weighted by molar-refractivity contribution is -0.157. The summed E-state index contributed by atoms with van der Waals surface area (Å²) in [5.41, 5.74) is -0.770. The Kier molecular flexibility index (Phi) is 6.38. The van der Waals surface area contributed by atoms with Gasteiger partial charge in [0.25, 0.3) is 0 Å². The van der Waals surface area contributed by atoms with Gasteiger partial charge in [0.05, 0.1) is 0 Å². The molecule has 122 valence electrons. The maximum Gasteiger partial charge on any atom is 0.248 e. The summed E-state index contributed by atoms with van der Waals surface area (Å²) in [6.45, 7) is 8.25. The lowest BCUT2D eigenvalue weighted by Gasteiger charge is -2.46. The Balaban J connectivity index is 3.00. The highest BCUT2D eigenvalue weighted by molar-refractivity contribution is 7.84. The highest BCUT2D eigenvalue weighted by Crippen LogP contribution is 2.27. The smallest absolute Gasteiger partial charge is 0.248 e. The van der Waals surface area contributed by atoms with Gasteiger partial charge >= 0.3 is 0 Å². The second-order valence-corrected chi connectivity index (χ2v) is 7.65. The zero-order valence-electron chi connectivity index (χ0n) is 13.8. The quantitative estimate of drug-likeness (QED) is 0.770. The van der Waals surface area contributed by atoms with Gasteiger partial charge in [-0.25, -0.2) is 0 Å². The minimum absolute atomic E-state index is 0.00712. The third-order valence-corrected chi connectivity index (χ3v) is 5.17. The summed E-state index contributed by atoms with van der Waals surface area (Å²) >= 11 is 0. The van der Waals surface area contributed by atoms with Gasteiger partial charge in [-0.2, -0.15) is 0 Å². The van der Waals surface area contributed by atoms with Crippen molar-refractivity contribution in [1.29, 1.82) is 0 Å². The Bertz CT molecular complexity index is 419. The van der Waals surface area contributed by atoms with Crippen molar-refractivity contribution in [3.8, 4) is 0 Å². The molecule has 2 atom stereocenters. The molecule has 21 heavy (non-hydrogen) atoms. The lowest BCUT2D eigenvalue weighted by Crippen LogP contribution is -2.71. The highest BCUT2D eigenvalue weighted by Gasteiger charge is 2.49. The molecule has 0 spiro atoms. The van der Waals surface area contributed by atoms with Crippen molar-refractivity contribution in [3.05, 3.63) is 0 Å². The Labute approximate surface area is 130 Å². The van der Waals surface area contributed by atoms with E-state index in [9.17, 15) is 13.8 Å². The fourth-order valence-electron chi connectivity index (χ4n) is 2.98. The first kappa shape index (κ1) is 18.1. The number of nitrogens with one attached hydrogen (secondary N) is 1. The van der Waals surface area contributed by atoms with Crippen LogP contribution in [-0.4, -0.2) is 51.1 Å². The van der Waals surface area contributed by atoms with Crippen molar-refractivity contribution in [2.24, 2.45) is 5.92 Å². The molecule has 1 fully saturated rings. The zero-order chi connectivity index (χ0) is 16.2. The summed E-state index contributed by atoms with van der Waals surface area (Å²) in [6, 6.07) is -0.422. The standard InChI is InChI=1S/C15H28N2O3S/c1-6-15(7-2)14(19)17(9-8-10-21(5)20)12(11(3)4)13(18)16-15/h11-12H,6-10H2,1-5H3,(H,16,18). The molecule has 1 N–H and O–H groups in total. The van der Waals surface area contributed by atoms with E-state index in [1.165, 1.54) is 0 Å². The van der Waals surface area contributed by atoms with E-state index in [2.05, 4.69) is 5.32 Å². The first-order valence-electron chi connectivity index (χ1n) is 7.72. The van der Waals surface area contributed by atoms with Gasteiger partial charge < -0.3 is 10.2 Å². The Hall–Kier alpha value is -0.910. The van der Waals surface area contributed by atoms with Crippen LogP contribution in [0.25, 0.3) is 0 Å². The third kappa shape index (κ3) is 3.84. The summed E-state index contributed by atoms with van der Waals surface area (Å²) in [5, 5.41) is 2.95. The molecule has 0 radical (unpaired) electrons. The van der Waals surface area contributed by atoms with Gasteiger partial charge in [0.2, 0.25) is 11.8 Å². The first-order valence-corrected chi connectivity index (χ1v) is 9.45. The van der Waals surface area contributed by atoms with Crippen LogP contribution in [0, 0.1) is 5.92 Å².